The van der Waals surface area contributed by atoms with Gasteiger partial charge in [0.05, 0.1) is 36.6 Å². The normalized spacial score (nSPS) is 13.8. The number of likely N-dealkylation sites (N-methyl/N-ethyl adjacent to an activating group) is 2. The maximum Gasteiger partial charge on any atom is 0.294 e. The molecule has 1 fully saturated rings. The Kier molecular flexibility index (Phi) is 11.3. The van der Waals surface area contributed by atoms with Crippen LogP contribution in [0.2, 0.25) is 18.1 Å². The number of nitro groups is 1. The Bertz CT molecular complexity index is 2120. The minimum absolute atomic E-state index is 0.0141. The van der Waals surface area contributed by atoms with Crippen LogP contribution in [0, 0.1) is 10.1 Å². The fraction of sp³-hybridized carbons (Fsp3) is 0.400. The van der Waals surface area contributed by atoms with Gasteiger partial charge in [-0.2, -0.15) is 0 Å². The van der Waals surface area contributed by atoms with E-state index in [1.54, 1.807) is 12.3 Å². The van der Waals surface area contributed by atoms with Gasteiger partial charge in [-0.25, -0.2) is 9.97 Å². The molecule has 1 aliphatic heterocycles. The number of hydrogen-bond acceptors (Lipinski definition) is 11. The van der Waals surface area contributed by atoms with E-state index in [0.717, 1.165) is 39.9 Å². The first-order chi connectivity index (χ1) is 25.6. The lowest BCUT2D eigenvalue weighted by atomic mass is 10.1. The average Bonchev–Trinajstić information content (AvgIpc) is 3.79. The standard InChI is InChI=1S/C40H51N7O6Si/c1-40(2,3)54(8,9)53-36-22-27(14-15-29(36)38-51-20-21-52-38)25-46-26-30(28-12-10-11-13-33(28)46)31-16-17-41-39(42-31)43-32-23-35(47(48)49)34(24-37(32)50-7)45(6)19-18-44(4)5/h10-17,22-24,26,38H,18-21,25H2,1-9H3,(H,41,42,43). The van der Waals surface area contributed by atoms with E-state index in [4.69, 9.17) is 23.6 Å². The van der Waals surface area contributed by atoms with Crippen molar-refractivity contribution in [3.63, 3.8) is 0 Å². The summed E-state index contributed by atoms with van der Waals surface area (Å²) >= 11 is 0. The lowest BCUT2D eigenvalue weighted by molar-refractivity contribution is -0.384. The summed E-state index contributed by atoms with van der Waals surface area (Å²) in [5.41, 5.74) is 5.46. The van der Waals surface area contributed by atoms with Gasteiger partial charge in [-0.1, -0.05) is 45.0 Å². The molecule has 0 aliphatic carbocycles. The van der Waals surface area contributed by atoms with Gasteiger partial charge in [0.15, 0.2) is 6.29 Å². The third-order valence-electron chi connectivity index (χ3n) is 10.2. The van der Waals surface area contributed by atoms with Crippen molar-refractivity contribution in [3.8, 4) is 22.8 Å². The number of nitrogens with zero attached hydrogens (tertiary/aromatic N) is 6. The number of ether oxygens (including phenoxy) is 3. The number of nitrogens with one attached hydrogen (secondary N) is 1. The number of hydrogen-bond donors (Lipinski definition) is 1. The maximum atomic E-state index is 12.2. The van der Waals surface area contributed by atoms with E-state index >= 15 is 0 Å². The van der Waals surface area contributed by atoms with E-state index in [1.807, 2.05) is 49.1 Å². The van der Waals surface area contributed by atoms with Crippen LogP contribution in [0.1, 0.15) is 38.2 Å². The zero-order chi connectivity index (χ0) is 38.8. The predicted octanol–water partition coefficient (Wildman–Crippen LogP) is 8.23. The Morgan fingerprint density at radius 2 is 1.76 bits per heavy atom. The van der Waals surface area contributed by atoms with E-state index in [0.29, 0.717) is 49.1 Å². The second kappa shape index (κ2) is 15.8. The summed E-state index contributed by atoms with van der Waals surface area (Å²) in [6, 6.07) is 19.5. The second-order valence-corrected chi connectivity index (χ2v) is 20.1. The van der Waals surface area contributed by atoms with Crippen LogP contribution in [-0.2, 0) is 16.0 Å². The van der Waals surface area contributed by atoms with Crippen LogP contribution in [0.5, 0.6) is 11.5 Å². The number of para-hydroxylation sites is 1. The highest BCUT2D eigenvalue weighted by atomic mass is 28.4. The molecular weight excluding hydrogens is 703 g/mol. The molecular formula is C40H51N7O6Si. The summed E-state index contributed by atoms with van der Waals surface area (Å²) in [5.74, 6) is 1.52. The van der Waals surface area contributed by atoms with Crippen LogP contribution < -0.4 is 19.4 Å². The molecule has 2 aromatic heterocycles. The van der Waals surface area contributed by atoms with Crippen molar-refractivity contribution in [2.75, 3.05) is 64.8 Å². The molecule has 1 aliphatic rings. The van der Waals surface area contributed by atoms with Crippen LogP contribution in [0.25, 0.3) is 22.2 Å². The molecule has 0 unspecified atom stereocenters. The minimum atomic E-state index is -2.17. The molecule has 5 aromatic rings. The van der Waals surface area contributed by atoms with Gasteiger partial charge in [-0.05, 0) is 62.1 Å². The molecule has 0 atom stereocenters. The first-order valence-electron chi connectivity index (χ1n) is 18.1. The topological polar surface area (TPSA) is 129 Å². The number of fused-ring (bicyclic) bond motifs is 1. The van der Waals surface area contributed by atoms with Crippen LogP contribution in [0.3, 0.4) is 0 Å². The summed E-state index contributed by atoms with van der Waals surface area (Å²) in [7, 11) is 5.12. The molecule has 14 heteroatoms. The van der Waals surface area contributed by atoms with Crippen molar-refractivity contribution >= 4 is 42.2 Å². The molecule has 0 bridgehead atoms. The first-order valence-corrected chi connectivity index (χ1v) is 21.0. The van der Waals surface area contributed by atoms with E-state index in [9.17, 15) is 10.1 Å². The van der Waals surface area contributed by atoms with Crippen molar-refractivity contribution in [2.45, 2.75) is 51.7 Å². The molecule has 0 radical (unpaired) electrons. The number of methoxy groups -OCH3 is 1. The summed E-state index contributed by atoms with van der Waals surface area (Å²) in [6.07, 6.45) is 3.33. The molecule has 0 saturated carbocycles. The van der Waals surface area contributed by atoms with Gasteiger partial charge >= 0.3 is 0 Å². The van der Waals surface area contributed by atoms with Crippen molar-refractivity contribution < 1.29 is 23.6 Å². The van der Waals surface area contributed by atoms with Gasteiger partial charge in [0.2, 0.25) is 14.3 Å². The molecule has 54 heavy (non-hydrogen) atoms. The third kappa shape index (κ3) is 8.36. The Balaban J connectivity index is 1.32. The van der Waals surface area contributed by atoms with Crippen LogP contribution >= 0.6 is 0 Å². The smallest absolute Gasteiger partial charge is 0.294 e. The van der Waals surface area contributed by atoms with Gasteiger partial charge in [-0.15, -0.1) is 0 Å². The molecule has 286 valence electrons. The number of anilines is 3. The fourth-order valence-corrected chi connectivity index (χ4v) is 7.17. The first kappa shape index (κ1) is 38.7. The van der Waals surface area contributed by atoms with Gasteiger partial charge in [0.1, 0.15) is 17.2 Å². The largest absolute Gasteiger partial charge is 0.543 e. The van der Waals surface area contributed by atoms with Crippen molar-refractivity contribution in [1.82, 2.24) is 19.4 Å². The summed E-state index contributed by atoms with van der Waals surface area (Å²) in [4.78, 5) is 25.1. The SMILES string of the molecule is COc1cc(N(C)CCN(C)C)c([N+](=O)[O-])cc1Nc1nccc(-c2cn(Cc3ccc(C4OCCO4)c(O[Si](C)(C)C(C)(C)C)c3)c3ccccc23)n1. The number of rotatable bonds is 14. The Morgan fingerprint density at radius 3 is 2.44 bits per heavy atom. The molecule has 13 nitrogen and oxygen atoms in total. The lowest BCUT2D eigenvalue weighted by Gasteiger charge is -2.37. The molecule has 6 rings (SSSR count). The van der Waals surface area contributed by atoms with Crippen LogP contribution in [-0.4, -0.2) is 87.2 Å². The summed E-state index contributed by atoms with van der Waals surface area (Å²) < 4.78 is 26.6. The van der Waals surface area contributed by atoms with Crippen LogP contribution in [0.15, 0.2) is 73.1 Å². The van der Waals surface area contributed by atoms with E-state index < -0.39 is 14.6 Å². The van der Waals surface area contributed by atoms with E-state index in [-0.39, 0.29) is 21.6 Å². The average molecular weight is 754 g/mol. The highest BCUT2D eigenvalue weighted by Gasteiger charge is 2.40. The number of aromatic nitrogens is 3. The van der Waals surface area contributed by atoms with Crippen LogP contribution in [0.4, 0.5) is 23.0 Å². The van der Waals surface area contributed by atoms with Gasteiger partial charge in [0.25, 0.3) is 5.69 Å². The highest BCUT2D eigenvalue weighted by molar-refractivity contribution is 6.74. The molecule has 3 aromatic carbocycles. The van der Waals surface area contributed by atoms with Crippen molar-refractivity contribution in [1.29, 1.82) is 0 Å². The number of benzene rings is 3. The van der Waals surface area contributed by atoms with Crippen molar-refractivity contribution in [3.05, 3.63) is 94.3 Å². The Morgan fingerprint density at radius 1 is 1.02 bits per heavy atom. The molecule has 3 heterocycles. The molecule has 1 saturated heterocycles. The van der Waals surface area contributed by atoms with Gasteiger partial charge in [0, 0.05) is 73.2 Å². The quantitative estimate of drug-likeness (QED) is 0.0669. The predicted molar refractivity (Wildman–Crippen MR) is 216 cm³/mol. The molecule has 0 amide bonds. The van der Waals surface area contributed by atoms with Gasteiger partial charge < -0.3 is 38.3 Å². The maximum absolute atomic E-state index is 12.2. The van der Waals surface area contributed by atoms with E-state index in [1.165, 1.54) is 13.2 Å². The zero-order valence-electron chi connectivity index (χ0n) is 32.7. The zero-order valence-corrected chi connectivity index (χ0v) is 33.7. The fourth-order valence-electron chi connectivity index (χ4n) is 6.14. The summed E-state index contributed by atoms with van der Waals surface area (Å²) in [6.45, 7) is 14.2. The van der Waals surface area contributed by atoms with Crippen molar-refractivity contribution in [2.24, 2.45) is 0 Å². The Labute approximate surface area is 318 Å². The lowest BCUT2D eigenvalue weighted by Crippen LogP contribution is -2.44. The monoisotopic (exact) mass is 753 g/mol. The van der Waals surface area contributed by atoms with E-state index in [2.05, 4.69) is 85.3 Å². The third-order valence-corrected chi connectivity index (χ3v) is 14.6. The minimum Gasteiger partial charge on any atom is -0.543 e. The molecule has 1 N–H and O–H groups in total. The Hall–Kier alpha value is -5.02. The number of nitro benzene ring substituents is 1. The second-order valence-electron chi connectivity index (χ2n) is 15.4. The highest BCUT2D eigenvalue weighted by Crippen LogP contribution is 2.42. The molecule has 0 spiro atoms. The van der Waals surface area contributed by atoms with Gasteiger partial charge in [-0.3, -0.25) is 10.1 Å². The summed E-state index contributed by atoms with van der Waals surface area (Å²) in [5, 5.41) is 16.4.